The van der Waals surface area contributed by atoms with E-state index in [1.807, 2.05) is 0 Å². The summed E-state index contributed by atoms with van der Waals surface area (Å²) >= 11 is 1.02. The van der Waals surface area contributed by atoms with Crippen molar-refractivity contribution >= 4 is 38.7 Å². The van der Waals surface area contributed by atoms with E-state index in [4.69, 9.17) is 10.8 Å². The number of carboxylic acids is 1. The minimum Gasteiger partial charge on any atom is -0.480 e. The maximum atomic E-state index is 12.5. The second-order valence-electron chi connectivity index (χ2n) is 3.90. The summed E-state index contributed by atoms with van der Waals surface area (Å²) in [6.45, 7) is -0.686. The molecule has 0 saturated heterocycles. The van der Waals surface area contributed by atoms with Gasteiger partial charge in [-0.25, -0.2) is 8.42 Å². The van der Waals surface area contributed by atoms with Crippen molar-refractivity contribution in [3.8, 4) is 0 Å². The van der Waals surface area contributed by atoms with Crippen LogP contribution in [0, 0.1) is 0 Å². The molecule has 0 fully saturated rings. The predicted molar refractivity (Wildman–Crippen MR) is 77.3 cm³/mol. The van der Waals surface area contributed by atoms with Gasteiger partial charge in [-0.05, 0) is 23.6 Å². The molecule has 0 unspecified atom stereocenters. The number of thiophene rings is 1. The highest BCUT2D eigenvalue weighted by atomic mass is 32.2. The minimum atomic E-state index is -3.94. The Kier molecular flexibility index (Phi) is 3.96. The number of nitrogen functional groups attached to an aromatic ring is 1. The van der Waals surface area contributed by atoms with Crippen LogP contribution in [0.2, 0.25) is 0 Å². The van der Waals surface area contributed by atoms with Crippen molar-refractivity contribution in [3.63, 3.8) is 0 Å². The second-order valence-corrected chi connectivity index (χ2v) is 6.93. The van der Waals surface area contributed by atoms with Crippen LogP contribution in [0.15, 0.2) is 46.0 Å². The van der Waals surface area contributed by atoms with E-state index in [9.17, 15) is 13.2 Å². The van der Waals surface area contributed by atoms with E-state index in [0.717, 1.165) is 15.6 Å². The topological polar surface area (TPSA) is 101 Å². The molecule has 0 aliphatic rings. The lowest BCUT2D eigenvalue weighted by atomic mass is 10.3. The van der Waals surface area contributed by atoms with E-state index in [2.05, 4.69) is 0 Å². The van der Waals surface area contributed by atoms with Crippen LogP contribution in [-0.4, -0.2) is 26.0 Å². The Morgan fingerprint density at radius 2 is 1.95 bits per heavy atom. The van der Waals surface area contributed by atoms with Crippen LogP contribution in [0.25, 0.3) is 0 Å². The zero-order valence-electron chi connectivity index (χ0n) is 10.3. The second kappa shape index (κ2) is 5.51. The average Bonchev–Trinajstić information content (AvgIpc) is 2.91. The van der Waals surface area contributed by atoms with E-state index >= 15 is 0 Å². The van der Waals surface area contributed by atoms with Crippen LogP contribution in [0.5, 0.6) is 0 Å². The molecule has 0 aliphatic heterocycles. The highest BCUT2D eigenvalue weighted by Crippen LogP contribution is 2.30. The molecule has 0 saturated carbocycles. The maximum Gasteiger partial charge on any atom is 0.324 e. The van der Waals surface area contributed by atoms with Crippen LogP contribution in [0.3, 0.4) is 0 Å². The summed E-state index contributed by atoms with van der Waals surface area (Å²) in [5.41, 5.74) is 6.11. The van der Waals surface area contributed by atoms with E-state index in [-0.39, 0.29) is 15.6 Å². The van der Waals surface area contributed by atoms with Gasteiger partial charge in [-0.15, -0.1) is 11.3 Å². The van der Waals surface area contributed by atoms with Gasteiger partial charge in [0.2, 0.25) is 0 Å². The SMILES string of the molecule is Nc1ccccc1N(CC(=O)O)S(=O)(=O)c1cccs1. The smallest absolute Gasteiger partial charge is 0.324 e. The molecule has 1 aromatic carbocycles. The van der Waals surface area contributed by atoms with Crippen molar-refractivity contribution in [3.05, 3.63) is 41.8 Å². The number of aliphatic carboxylic acids is 1. The van der Waals surface area contributed by atoms with Gasteiger partial charge < -0.3 is 10.8 Å². The monoisotopic (exact) mass is 312 g/mol. The number of benzene rings is 1. The van der Waals surface area contributed by atoms with Crippen molar-refractivity contribution < 1.29 is 18.3 Å². The normalized spacial score (nSPS) is 11.2. The zero-order chi connectivity index (χ0) is 14.8. The Bertz CT molecular complexity index is 711. The van der Waals surface area contributed by atoms with E-state index in [1.165, 1.54) is 18.2 Å². The molecule has 0 spiro atoms. The highest BCUT2D eigenvalue weighted by molar-refractivity contribution is 7.94. The summed E-state index contributed by atoms with van der Waals surface area (Å²) in [4.78, 5) is 11.0. The first kappa shape index (κ1) is 14.4. The third kappa shape index (κ3) is 2.75. The number of hydrogen-bond acceptors (Lipinski definition) is 5. The van der Waals surface area contributed by atoms with Gasteiger partial charge in [0.15, 0.2) is 0 Å². The molecule has 2 aromatic rings. The lowest BCUT2D eigenvalue weighted by molar-refractivity contribution is -0.135. The lowest BCUT2D eigenvalue weighted by Crippen LogP contribution is -2.35. The van der Waals surface area contributed by atoms with Gasteiger partial charge in [0.1, 0.15) is 10.8 Å². The number of carbonyl (C=O) groups is 1. The van der Waals surface area contributed by atoms with E-state index in [0.29, 0.717) is 0 Å². The molecule has 1 aromatic heterocycles. The Labute approximate surface area is 120 Å². The molecule has 3 N–H and O–H groups in total. The summed E-state index contributed by atoms with van der Waals surface area (Å²) in [6.07, 6.45) is 0. The number of carboxylic acid groups (broad SMARTS) is 1. The van der Waals surface area contributed by atoms with Crippen LogP contribution < -0.4 is 10.0 Å². The lowest BCUT2D eigenvalue weighted by Gasteiger charge is -2.23. The van der Waals surface area contributed by atoms with Gasteiger partial charge in [-0.2, -0.15) is 0 Å². The highest BCUT2D eigenvalue weighted by Gasteiger charge is 2.28. The fourth-order valence-electron chi connectivity index (χ4n) is 1.66. The first-order chi connectivity index (χ1) is 9.43. The fourth-order valence-corrected chi connectivity index (χ4v) is 4.20. The number of nitrogens with zero attached hydrogens (tertiary/aromatic N) is 1. The summed E-state index contributed by atoms with van der Waals surface area (Å²) in [6, 6.07) is 9.26. The Balaban J connectivity index is 2.55. The van der Waals surface area contributed by atoms with Crippen LogP contribution in [0.4, 0.5) is 11.4 Å². The quantitative estimate of drug-likeness (QED) is 0.817. The third-order valence-electron chi connectivity index (χ3n) is 2.52. The molecule has 0 radical (unpaired) electrons. The first-order valence-electron chi connectivity index (χ1n) is 5.55. The molecule has 0 aliphatic carbocycles. The van der Waals surface area contributed by atoms with Crippen molar-refractivity contribution in [2.75, 3.05) is 16.6 Å². The molecule has 6 nitrogen and oxygen atoms in total. The van der Waals surface area contributed by atoms with Gasteiger partial charge >= 0.3 is 5.97 Å². The predicted octanol–water partition coefficient (Wildman–Crippen LogP) is 1.61. The van der Waals surface area contributed by atoms with Crippen LogP contribution in [-0.2, 0) is 14.8 Å². The number of sulfonamides is 1. The fraction of sp³-hybridized carbons (Fsp3) is 0.0833. The van der Waals surface area contributed by atoms with Gasteiger partial charge in [0.05, 0.1) is 11.4 Å². The molecular formula is C12H12N2O4S2. The molecule has 106 valence electrons. The number of rotatable bonds is 5. The van der Waals surface area contributed by atoms with Crippen molar-refractivity contribution in [1.29, 1.82) is 0 Å². The molecule has 0 atom stereocenters. The number of anilines is 2. The van der Waals surface area contributed by atoms with Gasteiger partial charge in [-0.1, -0.05) is 18.2 Å². The van der Waals surface area contributed by atoms with Crippen molar-refractivity contribution in [1.82, 2.24) is 0 Å². The maximum absolute atomic E-state index is 12.5. The molecule has 0 amide bonds. The Morgan fingerprint density at radius 1 is 1.25 bits per heavy atom. The number of para-hydroxylation sites is 2. The van der Waals surface area contributed by atoms with E-state index < -0.39 is 22.5 Å². The first-order valence-corrected chi connectivity index (χ1v) is 7.87. The zero-order valence-corrected chi connectivity index (χ0v) is 11.9. The van der Waals surface area contributed by atoms with Gasteiger partial charge in [-0.3, -0.25) is 9.10 Å². The molecule has 2 rings (SSSR count). The standard InChI is InChI=1S/C12H12N2O4S2/c13-9-4-1-2-5-10(9)14(8-11(15)16)20(17,18)12-6-3-7-19-12/h1-7H,8,13H2,(H,15,16). The third-order valence-corrected chi connectivity index (χ3v) is 5.66. The van der Waals surface area contributed by atoms with Crippen LogP contribution in [0.1, 0.15) is 0 Å². The van der Waals surface area contributed by atoms with Gasteiger partial charge in [0.25, 0.3) is 10.0 Å². The Morgan fingerprint density at radius 3 is 2.50 bits per heavy atom. The summed E-state index contributed by atoms with van der Waals surface area (Å²) in [7, 11) is -3.94. The summed E-state index contributed by atoms with van der Waals surface area (Å²) < 4.78 is 25.9. The molecule has 20 heavy (non-hydrogen) atoms. The van der Waals surface area contributed by atoms with E-state index in [1.54, 1.807) is 23.6 Å². The Hall–Kier alpha value is -2.06. The molecule has 8 heteroatoms. The largest absolute Gasteiger partial charge is 0.480 e. The average molecular weight is 312 g/mol. The summed E-state index contributed by atoms with van der Waals surface area (Å²) in [5, 5.41) is 10.6. The van der Waals surface area contributed by atoms with Crippen molar-refractivity contribution in [2.24, 2.45) is 0 Å². The van der Waals surface area contributed by atoms with Gasteiger partial charge in [0, 0.05) is 0 Å². The van der Waals surface area contributed by atoms with Crippen molar-refractivity contribution in [2.45, 2.75) is 4.21 Å². The number of hydrogen-bond donors (Lipinski definition) is 2. The summed E-state index contributed by atoms with van der Waals surface area (Å²) in [5.74, 6) is -1.26. The number of nitrogens with two attached hydrogens (primary N) is 1. The molecule has 1 heterocycles. The molecular weight excluding hydrogens is 300 g/mol. The minimum absolute atomic E-state index is 0.0713. The van der Waals surface area contributed by atoms with Crippen LogP contribution >= 0.6 is 11.3 Å². The molecule has 0 bridgehead atoms.